The fourth-order valence-electron chi connectivity index (χ4n) is 2.32. The highest BCUT2D eigenvalue weighted by Gasteiger charge is 2.13. The third-order valence-corrected chi connectivity index (χ3v) is 3.16. The molecule has 2 N–H and O–H groups in total. The van der Waals surface area contributed by atoms with Gasteiger partial charge in [-0.2, -0.15) is 0 Å². The first-order chi connectivity index (χ1) is 8.06. The predicted octanol–water partition coefficient (Wildman–Crippen LogP) is 3.18. The molecule has 17 heavy (non-hydrogen) atoms. The summed E-state index contributed by atoms with van der Waals surface area (Å²) in [5.74, 6) is 0. The van der Waals surface area contributed by atoms with Crippen LogP contribution in [0.5, 0.6) is 0 Å². The van der Waals surface area contributed by atoms with Crippen LogP contribution in [-0.2, 0) is 13.0 Å². The highest BCUT2D eigenvalue weighted by Crippen LogP contribution is 2.25. The van der Waals surface area contributed by atoms with E-state index in [1.165, 1.54) is 29.7 Å². The van der Waals surface area contributed by atoms with Gasteiger partial charge in [0.1, 0.15) is 0 Å². The third-order valence-electron chi connectivity index (χ3n) is 3.16. The number of benzene rings is 1. The van der Waals surface area contributed by atoms with E-state index in [2.05, 4.69) is 49.6 Å². The van der Waals surface area contributed by atoms with E-state index in [-0.39, 0.29) is 0 Å². The minimum atomic E-state index is 0.354. The number of hydrogen-bond donors (Lipinski definition) is 2. The lowest BCUT2D eigenvalue weighted by Crippen LogP contribution is -2.27. The number of fused-ring (bicyclic) bond motifs is 1. The summed E-state index contributed by atoms with van der Waals surface area (Å²) in [5.41, 5.74) is 4.66. The first-order valence-corrected chi connectivity index (χ1v) is 6.62. The minimum Gasteiger partial charge on any atom is -0.385 e. The van der Waals surface area contributed by atoms with Crippen molar-refractivity contribution in [3.63, 3.8) is 0 Å². The Hall–Kier alpha value is -1.02. The molecule has 0 atom stereocenters. The molecule has 0 unspecified atom stereocenters. The molecule has 0 aliphatic carbocycles. The highest BCUT2D eigenvalue weighted by atomic mass is 14.9. The largest absolute Gasteiger partial charge is 0.385 e. The van der Waals surface area contributed by atoms with Crippen molar-refractivity contribution in [2.24, 2.45) is 5.41 Å². The highest BCUT2D eigenvalue weighted by molar-refractivity contribution is 5.56. The molecule has 0 aromatic heterocycles. The lowest BCUT2D eigenvalue weighted by atomic mass is 9.95. The second kappa shape index (κ2) is 5.09. The lowest BCUT2D eigenvalue weighted by Gasteiger charge is -2.23. The first kappa shape index (κ1) is 12.4. The lowest BCUT2D eigenvalue weighted by molar-refractivity contribution is 0.379. The normalized spacial score (nSPS) is 15.2. The van der Waals surface area contributed by atoms with E-state index in [0.717, 1.165) is 19.6 Å². The molecule has 2 rings (SSSR count). The van der Waals surface area contributed by atoms with Crippen molar-refractivity contribution >= 4 is 5.69 Å². The maximum atomic E-state index is 3.56. The van der Waals surface area contributed by atoms with E-state index in [1.807, 2.05) is 0 Å². The predicted molar refractivity (Wildman–Crippen MR) is 74.4 cm³/mol. The molecule has 2 heteroatoms. The Morgan fingerprint density at radius 2 is 2.12 bits per heavy atom. The standard InChI is InChI=1S/C15H24N2/c1-15(2,3)11-16-10-12-6-4-8-14-13(12)7-5-9-17-14/h4,6,8,16-17H,5,7,9-11H2,1-3H3. The van der Waals surface area contributed by atoms with Crippen LogP contribution in [0.15, 0.2) is 18.2 Å². The van der Waals surface area contributed by atoms with Crippen molar-refractivity contribution in [3.05, 3.63) is 29.3 Å². The van der Waals surface area contributed by atoms with E-state index in [4.69, 9.17) is 0 Å². The van der Waals surface area contributed by atoms with Gasteiger partial charge in [0, 0.05) is 25.3 Å². The van der Waals surface area contributed by atoms with Gasteiger partial charge in [0.15, 0.2) is 0 Å². The molecule has 1 aromatic rings. The molecule has 1 aromatic carbocycles. The van der Waals surface area contributed by atoms with E-state index in [0.29, 0.717) is 5.41 Å². The van der Waals surface area contributed by atoms with Gasteiger partial charge in [-0.3, -0.25) is 0 Å². The molecule has 0 fully saturated rings. The second-order valence-corrected chi connectivity index (χ2v) is 6.14. The number of rotatable bonds is 3. The monoisotopic (exact) mass is 232 g/mol. The molecule has 0 bridgehead atoms. The first-order valence-electron chi connectivity index (χ1n) is 6.62. The van der Waals surface area contributed by atoms with Crippen LogP contribution in [0.4, 0.5) is 5.69 Å². The van der Waals surface area contributed by atoms with Gasteiger partial charge < -0.3 is 10.6 Å². The summed E-state index contributed by atoms with van der Waals surface area (Å²) in [6, 6.07) is 6.61. The summed E-state index contributed by atoms with van der Waals surface area (Å²) in [6.07, 6.45) is 2.47. The second-order valence-electron chi connectivity index (χ2n) is 6.14. The molecule has 1 aliphatic heterocycles. The average Bonchev–Trinajstić information content (AvgIpc) is 2.28. The minimum absolute atomic E-state index is 0.354. The van der Waals surface area contributed by atoms with Gasteiger partial charge in [-0.05, 0) is 35.4 Å². The van der Waals surface area contributed by atoms with Crippen LogP contribution in [0, 0.1) is 5.41 Å². The molecule has 1 heterocycles. The molecule has 0 saturated carbocycles. The van der Waals surface area contributed by atoms with Gasteiger partial charge in [0.25, 0.3) is 0 Å². The Balaban J connectivity index is 2.01. The van der Waals surface area contributed by atoms with Crippen molar-refractivity contribution < 1.29 is 0 Å². The molecule has 0 spiro atoms. The Bertz CT molecular complexity index is 377. The van der Waals surface area contributed by atoms with Crippen LogP contribution in [0.25, 0.3) is 0 Å². The van der Waals surface area contributed by atoms with Gasteiger partial charge in [0.05, 0.1) is 0 Å². The molecule has 0 radical (unpaired) electrons. The maximum Gasteiger partial charge on any atom is 0.0375 e. The third kappa shape index (κ3) is 3.47. The Kier molecular flexibility index (Phi) is 3.72. The zero-order valence-electron chi connectivity index (χ0n) is 11.3. The van der Waals surface area contributed by atoms with Crippen LogP contribution in [0.3, 0.4) is 0 Å². The fourth-order valence-corrected chi connectivity index (χ4v) is 2.32. The maximum absolute atomic E-state index is 3.56. The smallest absolute Gasteiger partial charge is 0.0375 e. The van der Waals surface area contributed by atoms with Crippen LogP contribution >= 0.6 is 0 Å². The van der Waals surface area contributed by atoms with Crippen LogP contribution < -0.4 is 10.6 Å². The molecule has 94 valence electrons. The van der Waals surface area contributed by atoms with Gasteiger partial charge in [-0.25, -0.2) is 0 Å². The van der Waals surface area contributed by atoms with Crippen LogP contribution in [-0.4, -0.2) is 13.1 Å². The van der Waals surface area contributed by atoms with Crippen molar-refractivity contribution in [1.29, 1.82) is 0 Å². The van der Waals surface area contributed by atoms with Gasteiger partial charge in [-0.15, -0.1) is 0 Å². The average molecular weight is 232 g/mol. The Morgan fingerprint density at radius 1 is 1.29 bits per heavy atom. The Labute approximate surface area is 105 Å². The molecular weight excluding hydrogens is 208 g/mol. The van der Waals surface area contributed by atoms with E-state index < -0.39 is 0 Å². The van der Waals surface area contributed by atoms with Crippen molar-refractivity contribution in [2.75, 3.05) is 18.4 Å². The van der Waals surface area contributed by atoms with E-state index >= 15 is 0 Å². The summed E-state index contributed by atoms with van der Waals surface area (Å²) < 4.78 is 0. The number of nitrogens with one attached hydrogen (secondary N) is 2. The molecule has 1 aliphatic rings. The molecule has 0 saturated heterocycles. The molecule has 0 amide bonds. The Morgan fingerprint density at radius 3 is 2.88 bits per heavy atom. The van der Waals surface area contributed by atoms with Crippen molar-refractivity contribution in [2.45, 2.75) is 40.2 Å². The van der Waals surface area contributed by atoms with E-state index in [1.54, 1.807) is 0 Å². The summed E-state index contributed by atoms with van der Waals surface area (Å²) in [6.45, 7) is 9.96. The number of anilines is 1. The summed E-state index contributed by atoms with van der Waals surface area (Å²) in [7, 11) is 0. The van der Waals surface area contributed by atoms with Gasteiger partial charge in [-0.1, -0.05) is 32.9 Å². The summed E-state index contributed by atoms with van der Waals surface area (Å²) >= 11 is 0. The molecule has 2 nitrogen and oxygen atoms in total. The van der Waals surface area contributed by atoms with Crippen molar-refractivity contribution in [1.82, 2.24) is 5.32 Å². The topological polar surface area (TPSA) is 24.1 Å². The van der Waals surface area contributed by atoms with Crippen LogP contribution in [0.2, 0.25) is 0 Å². The number of hydrogen-bond acceptors (Lipinski definition) is 2. The quantitative estimate of drug-likeness (QED) is 0.836. The van der Waals surface area contributed by atoms with E-state index in [9.17, 15) is 0 Å². The zero-order valence-corrected chi connectivity index (χ0v) is 11.3. The van der Waals surface area contributed by atoms with Gasteiger partial charge in [0.2, 0.25) is 0 Å². The van der Waals surface area contributed by atoms with Gasteiger partial charge >= 0.3 is 0 Å². The van der Waals surface area contributed by atoms with Crippen molar-refractivity contribution in [3.8, 4) is 0 Å². The zero-order chi connectivity index (χ0) is 12.3. The molecular formula is C15H24N2. The SMILES string of the molecule is CC(C)(C)CNCc1cccc2c1CCCN2. The summed E-state index contributed by atoms with van der Waals surface area (Å²) in [4.78, 5) is 0. The summed E-state index contributed by atoms with van der Waals surface area (Å²) in [5, 5.41) is 7.05. The van der Waals surface area contributed by atoms with Crippen LogP contribution in [0.1, 0.15) is 38.3 Å². The fraction of sp³-hybridized carbons (Fsp3) is 0.600.